The lowest BCUT2D eigenvalue weighted by Crippen LogP contribution is -2.16. The fourth-order valence-electron chi connectivity index (χ4n) is 1.44. The molecule has 0 fully saturated rings. The van der Waals surface area contributed by atoms with Gasteiger partial charge in [0.15, 0.2) is 0 Å². The number of carbonyl (C=O) groups is 1. The van der Waals surface area contributed by atoms with Crippen molar-refractivity contribution in [2.24, 2.45) is 11.7 Å². The van der Waals surface area contributed by atoms with Crippen LogP contribution in [0.2, 0.25) is 0 Å². The Kier molecular flexibility index (Phi) is 4.31. The second kappa shape index (κ2) is 5.51. The Morgan fingerprint density at radius 2 is 2.27 bits per heavy atom. The van der Waals surface area contributed by atoms with E-state index in [2.05, 4.69) is 0 Å². The van der Waals surface area contributed by atoms with Gasteiger partial charge in [0.05, 0.1) is 0 Å². The Balaban J connectivity index is 2.51. The number of benzene rings is 1. The maximum absolute atomic E-state index is 11.6. The molecular formula is C12H17NO2. The molecule has 3 heteroatoms. The summed E-state index contributed by atoms with van der Waals surface area (Å²) in [5.41, 5.74) is 6.30. The molecule has 0 saturated carbocycles. The summed E-state index contributed by atoms with van der Waals surface area (Å²) in [5.74, 6) is 0.598. The van der Waals surface area contributed by atoms with Crippen molar-refractivity contribution < 1.29 is 9.90 Å². The van der Waals surface area contributed by atoms with Crippen molar-refractivity contribution in [3.8, 4) is 5.75 Å². The fourth-order valence-corrected chi connectivity index (χ4v) is 1.44. The summed E-state index contributed by atoms with van der Waals surface area (Å²) in [5, 5.41) is 9.22. The van der Waals surface area contributed by atoms with Crippen LogP contribution in [0.25, 0.3) is 0 Å². The molecule has 1 aromatic carbocycles. The van der Waals surface area contributed by atoms with Crippen LogP contribution in [0.5, 0.6) is 5.75 Å². The standard InChI is InChI=1S/C12H17NO2/c1-9(8-13)5-12(15)7-10-3-2-4-11(14)6-10/h2-4,6,9,14H,5,7-8,13H2,1H3. The van der Waals surface area contributed by atoms with E-state index in [4.69, 9.17) is 5.73 Å². The minimum atomic E-state index is 0.165. The predicted octanol–water partition coefficient (Wildman–Crippen LogP) is 1.49. The van der Waals surface area contributed by atoms with Crippen LogP contribution in [0.15, 0.2) is 24.3 Å². The van der Waals surface area contributed by atoms with Crippen molar-refractivity contribution in [3.63, 3.8) is 0 Å². The first-order valence-electron chi connectivity index (χ1n) is 5.11. The molecule has 0 spiro atoms. The molecule has 1 atom stereocenters. The topological polar surface area (TPSA) is 63.3 Å². The van der Waals surface area contributed by atoms with Crippen LogP contribution in [0.4, 0.5) is 0 Å². The Morgan fingerprint density at radius 1 is 1.53 bits per heavy atom. The highest BCUT2D eigenvalue weighted by Crippen LogP contribution is 2.13. The van der Waals surface area contributed by atoms with Crippen molar-refractivity contribution >= 4 is 5.78 Å². The molecule has 0 aromatic heterocycles. The van der Waals surface area contributed by atoms with Gasteiger partial charge in [0.1, 0.15) is 11.5 Å². The summed E-state index contributed by atoms with van der Waals surface area (Å²) in [6.45, 7) is 2.49. The number of carbonyl (C=O) groups excluding carboxylic acids is 1. The lowest BCUT2D eigenvalue weighted by atomic mass is 10.00. The van der Waals surface area contributed by atoms with Gasteiger partial charge in [-0.15, -0.1) is 0 Å². The van der Waals surface area contributed by atoms with Gasteiger partial charge >= 0.3 is 0 Å². The highest BCUT2D eigenvalue weighted by Gasteiger charge is 2.08. The van der Waals surface area contributed by atoms with Gasteiger partial charge in [0.2, 0.25) is 0 Å². The van der Waals surface area contributed by atoms with E-state index in [0.717, 1.165) is 5.56 Å². The molecule has 1 aromatic rings. The quantitative estimate of drug-likeness (QED) is 0.768. The number of ketones is 1. The van der Waals surface area contributed by atoms with Crippen LogP contribution in [-0.4, -0.2) is 17.4 Å². The van der Waals surface area contributed by atoms with E-state index in [-0.39, 0.29) is 17.5 Å². The molecule has 0 heterocycles. The Bertz CT molecular complexity index is 336. The van der Waals surface area contributed by atoms with Gasteiger partial charge in [-0.25, -0.2) is 0 Å². The maximum Gasteiger partial charge on any atom is 0.137 e. The number of nitrogens with two attached hydrogens (primary N) is 1. The van der Waals surface area contributed by atoms with E-state index in [1.165, 1.54) is 0 Å². The molecular weight excluding hydrogens is 190 g/mol. The van der Waals surface area contributed by atoms with Gasteiger partial charge in [-0.2, -0.15) is 0 Å². The van der Waals surface area contributed by atoms with Gasteiger partial charge in [-0.05, 0) is 30.2 Å². The second-order valence-corrected chi connectivity index (χ2v) is 3.93. The molecule has 0 aliphatic heterocycles. The highest BCUT2D eigenvalue weighted by atomic mass is 16.3. The average molecular weight is 207 g/mol. The molecule has 3 nitrogen and oxygen atoms in total. The van der Waals surface area contributed by atoms with Gasteiger partial charge in [0.25, 0.3) is 0 Å². The third kappa shape index (κ3) is 4.13. The summed E-state index contributed by atoms with van der Waals surface area (Å²) < 4.78 is 0. The predicted molar refractivity (Wildman–Crippen MR) is 59.7 cm³/mol. The van der Waals surface area contributed by atoms with Crippen molar-refractivity contribution in [1.29, 1.82) is 0 Å². The molecule has 1 unspecified atom stereocenters. The van der Waals surface area contributed by atoms with E-state index in [9.17, 15) is 9.90 Å². The molecule has 15 heavy (non-hydrogen) atoms. The molecule has 0 aliphatic rings. The Morgan fingerprint density at radius 3 is 2.87 bits per heavy atom. The molecule has 0 bridgehead atoms. The minimum absolute atomic E-state index is 0.165. The van der Waals surface area contributed by atoms with Crippen LogP contribution in [0, 0.1) is 5.92 Å². The second-order valence-electron chi connectivity index (χ2n) is 3.93. The smallest absolute Gasteiger partial charge is 0.137 e. The summed E-state index contributed by atoms with van der Waals surface area (Å²) >= 11 is 0. The number of hydrogen-bond donors (Lipinski definition) is 2. The largest absolute Gasteiger partial charge is 0.508 e. The maximum atomic E-state index is 11.6. The van der Waals surface area contributed by atoms with Gasteiger partial charge in [-0.3, -0.25) is 4.79 Å². The SMILES string of the molecule is CC(CN)CC(=O)Cc1cccc(O)c1. The number of Topliss-reactive ketones (excluding diaryl/α,β-unsaturated/α-hetero) is 1. The Labute approximate surface area is 89.9 Å². The molecule has 82 valence electrons. The summed E-state index contributed by atoms with van der Waals surface area (Å²) in [6, 6.07) is 6.79. The van der Waals surface area contributed by atoms with Crippen LogP contribution in [0.3, 0.4) is 0 Å². The van der Waals surface area contributed by atoms with Crippen molar-refractivity contribution in [1.82, 2.24) is 0 Å². The van der Waals surface area contributed by atoms with E-state index in [1.54, 1.807) is 18.2 Å². The first-order chi connectivity index (χ1) is 7.11. The zero-order valence-electron chi connectivity index (χ0n) is 8.94. The van der Waals surface area contributed by atoms with Gasteiger partial charge in [0, 0.05) is 12.8 Å². The van der Waals surface area contributed by atoms with Gasteiger partial charge in [-0.1, -0.05) is 19.1 Å². The Hall–Kier alpha value is -1.35. The number of phenols is 1. The van der Waals surface area contributed by atoms with Crippen molar-refractivity contribution in [3.05, 3.63) is 29.8 Å². The summed E-state index contributed by atoms with van der Waals surface area (Å²) in [7, 11) is 0. The zero-order valence-corrected chi connectivity index (χ0v) is 8.94. The first-order valence-corrected chi connectivity index (χ1v) is 5.11. The van der Waals surface area contributed by atoms with E-state index < -0.39 is 0 Å². The fraction of sp³-hybridized carbons (Fsp3) is 0.417. The first kappa shape index (κ1) is 11.7. The van der Waals surface area contributed by atoms with E-state index in [0.29, 0.717) is 19.4 Å². The minimum Gasteiger partial charge on any atom is -0.508 e. The normalized spacial score (nSPS) is 12.4. The summed E-state index contributed by atoms with van der Waals surface area (Å²) in [4.78, 5) is 11.6. The molecule has 1 rings (SSSR count). The summed E-state index contributed by atoms with van der Waals surface area (Å²) in [6.07, 6.45) is 0.880. The third-order valence-corrected chi connectivity index (χ3v) is 2.29. The number of phenolic OH excluding ortho intramolecular Hbond substituents is 1. The van der Waals surface area contributed by atoms with Crippen molar-refractivity contribution in [2.75, 3.05) is 6.54 Å². The molecule has 0 saturated heterocycles. The molecule has 0 amide bonds. The number of hydrogen-bond acceptors (Lipinski definition) is 3. The number of rotatable bonds is 5. The third-order valence-electron chi connectivity index (χ3n) is 2.29. The average Bonchev–Trinajstić information content (AvgIpc) is 2.17. The van der Waals surface area contributed by atoms with E-state index >= 15 is 0 Å². The molecule has 3 N–H and O–H groups in total. The van der Waals surface area contributed by atoms with Crippen molar-refractivity contribution in [2.45, 2.75) is 19.8 Å². The zero-order chi connectivity index (χ0) is 11.3. The van der Waals surface area contributed by atoms with Crippen LogP contribution < -0.4 is 5.73 Å². The van der Waals surface area contributed by atoms with Gasteiger partial charge < -0.3 is 10.8 Å². The lowest BCUT2D eigenvalue weighted by molar-refractivity contribution is -0.119. The molecule has 0 aliphatic carbocycles. The highest BCUT2D eigenvalue weighted by molar-refractivity contribution is 5.81. The molecule has 0 radical (unpaired) electrons. The van der Waals surface area contributed by atoms with E-state index in [1.807, 2.05) is 13.0 Å². The lowest BCUT2D eigenvalue weighted by Gasteiger charge is -2.07. The van der Waals surface area contributed by atoms with Crippen LogP contribution in [0.1, 0.15) is 18.9 Å². The monoisotopic (exact) mass is 207 g/mol. The number of aromatic hydroxyl groups is 1. The van der Waals surface area contributed by atoms with Crippen LogP contribution >= 0.6 is 0 Å². The van der Waals surface area contributed by atoms with Crippen LogP contribution in [-0.2, 0) is 11.2 Å².